The molecule has 0 spiro atoms. The lowest BCUT2D eigenvalue weighted by molar-refractivity contribution is -0.0379. The first kappa shape index (κ1) is 19.7. The van der Waals surface area contributed by atoms with E-state index in [1.54, 1.807) is 27.7 Å². The van der Waals surface area contributed by atoms with Gasteiger partial charge in [-0.25, -0.2) is 4.98 Å². The molecule has 0 amide bonds. The Morgan fingerprint density at radius 2 is 2.04 bits per heavy atom. The zero-order chi connectivity index (χ0) is 19.7. The molecule has 0 fully saturated rings. The van der Waals surface area contributed by atoms with Crippen LogP contribution in [0, 0.1) is 0 Å². The monoisotopic (exact) mass is 414 g/mol. The number of hydrogen-bond donors (Lipinski definition) is 0. The SMILES string of the molecule is CCCCCSc1nc2sc3c(c2c(=O)n1-c1ccccc1)CC(C)(C)OC3. The lowest BCUT2D eigenvalue weighted by Gasteiger charge is -2.29. The van der Waals surface area contributed by atoms with Gasteiger partial charge in [0.25, 0.3) is 5.56 Å². The number of ether oxygens (including phenoxy) is 1. The van der Waals surface area contributed by atoms with E-state index in [0.29, 0.717) is 6.61 Å². The average molecular weight is 415 g/mol. The van der Waals surface area contributed by atoms with Gasteiger partial charge in [0.05, 0.1) is 23.3 Å². The molecule has 0 unspecified atom stereocenters. The summed E-state index contributed by atoms with van der Waals surface area (Å²) in [6.45, 7) is 6.93. The van der Waals surface area contributed by atoms with E-state index in [2.05, 4.69) is 20.8 Å². The number of thiophene rings is 1. The second-order valence-corrected chi connectivity index (χ2v) is 9.98. The zero-order valence-corrected chi connectivity index (χ0v) is 18.3. The summed E-state index contributed by atoms with van der Waals surface area (Å²) < 4.78 is 7.77. The van der Waals surface area contributed by atoms with Crippen LogP contribution in [0.15, 0.2) is 40.3 Å². The van der Waals surface area contributed by atoms with E-state index in [-0.39, 0.29) is 11.2 Å². The van der Waals surface area contributed by atoms with Gasteiger partial charge >= 0.3 is 0 Å². The number of rotatable bonds is 6. The molecule has 2 aromatic heterocycles. The van der Waals surface area contributed by atoms with Crippen LogP contribution in [0.2, 0.25) is 0 Å². The van der Waals surface area contributed by atoms with Crippen LogP contribution in [0.5, 0.6) is 0 Å². The topological polar surface area (TPSA) is 44.1 Å². The van der Waals surface area contributed by atoms with Crippen LogP contribution >= 0.6 is 23.1 Å². The van der Waals surface area contributed by atoms with Gasteiger partial charge in [-0.2, -0.15) is 0 Å². The first-order valence-corrected chi connectivity index (χ1v) is 11.7. The van der Waals surface area contributed by atoms with Gasteiger partial charge in [-0.15, -0.1) is 11.3 Å². The van der Waals surface area contributed by atoms with Crippen LogP contribution in [-0.4, -0.2) is 20.9 Å². The Kier molecular flexibility index (Phi) is 5.63. The predicted molar refractivity (Wildman–Crippen MR) is 118 cm³/mol. The van der Waals surface area contributed by atoms with Crippen molar-refractivity contribution in [2.45, 2.75) is 63.8 Å². The highest BCUT2D eigenvalue weighted by Crippen LogP contribution is 2.38. The third-order valence-corrected chi connectivity index (χ3v) is 7.19. The van der Waals surface area contributed by atoms with Gasteiger partial charge in [-0.1, -0.05) is 49.7 Å². The van der Waals surface area contributed by atoms with E-state index in [0.717, 1.165) is 50.1 Å². The largest absolute Gasteiger partial charge is 0.370 e. The number of fused-ring (bicyclic) bond motifs is 3. The molecule has 3 aromatic rings. The lowest BCUT2D eigenvalue weighted by atomic mass is 9.94. The van der Waals surface area contributed by atoms with Crippen molar-refractivity contribution in [1.29, 1.82) is 0 Å². The number of benzene rings is 1. The number of thioether (sulfide) groups is 1. The molecule has 0 N–H and O–H groups in total. The average Bonchev–Trinajstić information content (AvgIpc) is 3.02. The zero-order valence-electron chi connectivity index (χ0n) is 16.7. The summed E-state index contributed by atoms with van der Waals surface area (Å²) in [7, 11) is 0. The Hall–Kier alpha value is -1.63. The molecule has 0 saturated carbocycles. The highest BCUT2D eigenvalue weighted by Gasteiger charge is 2.31. The number of nitrogens with zero attached hydrogens (tertiary/aromatic N) is 2. The molecule has 6 heteroatoms. The Labute approximate surface area is 174 Å². The van der Waals surface area contributed by atoms with E-state index in [1.807, 2.05) is 30.3 Å². The maximum absolute atomic E-state index is 13.7. The van der Waals surface area contributed by atoms with E-state index in [9.17, 15) is 4.79 Å². The minimum atomic E-state index is -0.251. The van der Waals surface area contributed by atoms with Crippen LogP contribution in [0.4, 0.5) is 0 Å². The Morgan fingerprint density at radius 1 is 1.25 bits per heavy atom. The fraction of sp³-hybridized carbons (Fsp3) is 0.455. The minimum Gasteiger partial charge on any atom is -0.370 e. The van der Waals surface area contributed by atoms with E-state index in [1.165, 1.54) is 12.8 Å². The molecule has 4 rings (SSSR count). The van der Waals surface area contributed by atoms with E-state index >= 15 is 0 Å². The Balaban J connectivity index is 1.87. The lowest BCUT2D eigenvalue weighted by Crippen LogP contribution is -2.32. The van der Waals surface area contributed by atoms with Crippen molar-refractivity contribution in [3.8, 4) is 5.69 Å². The summed E-state index contributed by atoms with van der Waals surface area (Å²) in [6, 6.07) is 9.88. The first-order chi connectivity index (χ1) is 13.5. The second kappa shape index (κ2) is 8.01. The molecule has 0 atom stereocenters. The van der Waals surface area contributed by atoms with Crippen molar-refractivity contribution in [3.05, 3.63) is 51.1 Å². The molecule has 148 valence electrons. The van der Waals surface area contributed by atoms with Crippen LogP contribution in [0.3, 0.4) is 0 Å². The van der Waals surface area contributed by atoms with Gasteiger partial charge < -0.3 is 4.74 Å². The third kappa shape index (κ3) is 3.78. The first-order valence-electron chi connectivity index (χ1n) is 9.89. The number of para-hydroxylation sites is 1. The van der Waals surface area contributed by atoms with E-state index in [4.69, 9.17) is 9.72 Å². The summed E-state index contributed by atoms with van der Waals surface area (Å²) in [5.74, 6) is 0.972. The number of hydrogen-bond acceptors (Lipinski definition) is 5. The minimum absolute atomic E-state index is 0.0457. The van der Waals surface area contributed by atoms with Crippen molar-refractivity contribution in [1.82, 2.24) is 9.55 Å². The fourth-order valence-corrected chi connectivity index (χ4v) is 5.75. The summed E-state index contributed by atoms with van der Waals surface area (Å²) >= 11 is 3.30. The van der Waals surface area contributed by atoms with Gasteiger partial charge in [-0.05, 0) is 38.0 Å². The molecule has 1 aliphatic rings. The molecule has 1 aliphatic heterocycles. The molecule has 0 saturated heterocycles. The normalized spacial score (nSPS) is 15.7. The van der Waals surface area contributed by atoms with Crippen LogP contribution < -0.4 is 5.56 Å². The standard InChI is InChI=1S/C22H26N2O2S2/c1-4-5-9-12-27-21-23-19-18(16-13-22(2,3)26-14-17(16)28-19)20(25)24(21)15-10-7-6-8-11-15/h6-8,10-11H,4-5,9,12-14H2,1-3H3. The Morgan fingerprint density at radius 3 is 2.79 bits per heavy atom. The molecular weight excluding hydrogens is 388 g/mol. The van der Waals surface area contributed by atoms with Crippen LogP contribution in [0.25, 0.3) is 15.9 Å². The molecule has 0 bridgehead atoms. The summed E-state index contributed by atoms with van der Waals surface area (Å²) in [5, 5.41) is 1.57. The van der Waals surface area contributed by atoms with Crippen molar-refractivity contribution < 1.29 is 4.74 Å². The fourth-order valence-electron chi connectivity index (χ4n) is 3.59. The van der Waals surface area contributed by atoms with Gasteiger partial charge in [0.15, 0.2) is 5.16 Å². The number of unbranched alkanes of at least 4 members (excludes halogenated alkanes) is 2. The quantitative estimate of drug-likeness (QED) is 0.300. The molecule has 28 heavy (non-hydrogen) atoms. The summed E-state index contributed by atoms with van der Waals surface area (Å²) in [6.07, 6.45) is 4.26. The molecule has 0 radical (unpaired) electrons. The summed E-state index contributed by atoms with van der Waals surface area (Å²) in [4.78, 5) is 20.6. The molecule has 1 aromatic carbocycles. The smallest absolute Gasteiger partial charge is 0.267 e. The maximum Gasteiger partial charge on any atom is 0.267 e. The van der Waals surface area contributed by atoms with Gasteiger partial charge in [0, 0.05) is 17.1 Å². The molecule has 3 heterocycles. The highest BCUT2D eigenvalue weighted by molar-refractivity contribution is 7.99. The molecular formula is C22H26N2O2S2. The van der Waals surface area contributed by atoms with Crippen molar-refractivity contribution >= 4 is 33.3 Å². The highest BCUT2D eigenvalue weighted by atomic mass is 32.2. The third-order valence-electron chi connectivity index (χ3n) is 5.07. The predicted octanol–water partition coefficient (Wildman–Crippen LogP) is 5.58. The Bertz CT molecular complexity index is 1040. The van der Waals surface area contributed by atoms with Gasteiger partial charge in [0.2, 0.25) is 0 Å². The second-order valence-electron chi connectivity index (χ2n) is 7.84. The molecule has 0 aliphatic carbocycles. The maximum atomic E-state index is 13.7. The van der Waals surface area contributed by atoms with Gasteiger partial charge in [0.1, 0.15) is 4.83 Å². The van der Waals surface area contributed by atoms with Crippen molar-refractivity contribution in [3.63, 3.8) is 0 Å². The van der Waals surface area contributed by atoms with E-state index < -0.39 is 0 Å². The van der Waals surface area contributed by atoms with Crippen molar-refractivity contribution in [2.75, 3.05) is 5.75 Å². The molecule has 4 nitrogen and oxygen atoms in total. The van der Waals surface area contributed by atoms with Crippen molar-refractivity contribution in [2.24, 2.45) is 0 Å². The summed E-state index contributed by atoms with van der Waals surface area (Å²) in [5.41, 5.74) is 1.80. The van der Waals surface area contributed by atoms with Crippen LogP contribution in [0.1, 0.15) is 50.5 Å². The van der Waals surface area contributed by atoms with Crippen LogP contribution in [-0.2, 0) is 17.8 Å². The number of aromatic nitrogens is 2. The van der Waals surface area contributed by atoms with Gasteiger partial charge in [-0.3, -0.25) is 9.36 Å².